The van der Waals surface area contributed by atoms with Crippen molar-refractivity contribution < 1.29 is 4.79 Å². The number of aromatic nitrogens is 2. The third-order valence-electron chi connectivity index (χ3n) is 4.71. The average molecular weight is 390 g/mol. The Morgan fingerprint density at radius 2 is 1.69 bits per heavy atom. The zero-order valence-corrected chi connectivity index (χ0v) is 16.9. The number of carbonyl (C=O) groups is 1. The molecule has 0 unspecified atom stereocenters. The normalized spacial score (nSPS) is 10.4. The molecule has 0 aliphatic carbocycles. The van der Waals surface area contributed by atoms with Crippen molar-refractivity contribution in [1.29, 1.82) is 0 Å². The summed E-state index contributed by atoms with van der Waals surface area (Å²) in [4.78, 5) is 23.0. The summed E-state index contributed by atoms with van der Waals surface area (Å²) in [7, 11) is 0. The molecule has 3 rings (SSSR count). The molecule has 150 valence electrons. The van der Waals surface area contributed by atoms with Gasteiger partial charge >= 0.3 is 0 Å². The molecule has 0 atom stereocenters. The Morgan fingerprint density at radius 3 is 2.38 bits per heavy atom. The first kappa shape index (κ1) is 20.3. The number of benzene rings is 2. The number of rotatable bonds is 9. The molecular formula is C23H27N5O. The van der Waals surface area contributed by atoms with Gasteiger partial charge in [0, 0.05) is 37.1 Å². The summed E-state index contributed by atoms with van der Waals surface area (Å²) in [6.07, 6.45) is 2.18. The predicted molar refractivity (Wildman–Crippen MR) is 118 cm³/mol. The second-order valence-electron chi connectivity index (χ2n) is 6.62. The van der Waals surface area contributed by atoms with Crippen LogP contribution in [0, 0.1) is 0 Å². The van der Waals surface area contributed by atoms with Gasteiger partial charge in [0.15, 0.2) is 0 Å². The first-order valence-electron chi connectivity index (χ1n) is 9.95. The Morgan fingerprint density at radius 1 is 0.966 bits per heavy atom. The zero-order valence-electron chi connectivity index (χ0n) is 16.9. The molecule has 0 aliphatic heterocycles. The molecule has 3 aromatic rings. The van der Waals surface area contributed by atoms with Gasteiger partial charge in [-0.2, -0.15) is 0 Å². The van der Waals surface area contributed by atoms with Crippen molar-refractivity contribution >= 4 is 23.1 Å². The van der Waals surface area contributed by atoms with Crippen LogP contribution in [0.4, 0.5) is 17.2 Å². The largest absolute Gasteiger partial charge is 0.372 e. The lowest BCUT2D eigenvalue weighted by atomic mass is 10.1. The Balaban J connectivity index is 1.58. The van der Waals surface area contributed by atoms with E-state index in [-0.39, 0.29) is 5.91 Å². The van der Waals surface area contributed by atoms with Gasteiger partial charge in [0.25, 0.3) is 5.91 Å². The number of nitrogens with one attached hydrogen (secondary N) is 2. The number of nitrogens with zero attached hydrogens (tertiary/aromatic N) is 3. The quantitative estimate of drug-likeness (QED) is 0.578. The van der Waals surface area contributed by atoms with E-state index in [1.54, 1.807) is 6.07 Å². The minimum Gasteiger partial charge on any atom is -0.372 e. The van der Waals surface area contributed by atoms with Crippen molar-refractivity contribution in [2.24, 2.45) is 0 Å². The van der Waals surface area contributed by atoms with Gasteiger partial charge < -0.3 is 15.5 Å². The maximum atomic E-state index is 12.4. The van der Waals surface area contributed by atoms with Gasteiger partial charge in [0.05, 0.1) is 0 Å². The lowest BCUT2D eigenvalue weighted by molar-refractivity contribution is 0.0949. The minimum absolute atomic E-state index is 0.205. The molecule has 0 radical (unpaired) electrons. The lowest BCUT2D eigenvalue weighted by Gasteiger charge is -2.21. The fraction of sp³-hybridized carbons (Fsp3) is 0.261. The van der Waals surface area contributed by atoms with E-state index in [4.69, 9.17) is 0 Å². The average Bonchev–Trinajstić information content (AvgIpc) is 2.76. The Bertz CT molecular complexity index is 908. The van der Waals surface area contributed by atoms with Crippen molar-refractivity contribution in [2.45, 2.75) is 20.3 Å². The Labute approximate surface area is 172 Å². The first-order chi connectivity index (χ1) is 14.2. The van der Waals surface area contributed by atoms with E-state index in [9.17, 15) is 4.79 Å². The van der Waals surface area contributed by atoms with Crippen molar-refractivity contribution in [3.63, 3.8) is 0 Å². The third-order valence-corrected chi connectivity index (χ3v) is 4.71. The molecule has 29 heavy (non-hydrogen) atoms. The van der Waals surface area contributed by atoms with Crippen LogP contribution in [0.15, 0.2) is 67.0 Å². The molecule has 2 aromatic carbocycles. The highest BCUT2D eigenvalue weighted by atomic mass is 16.1. The van der Waals surface area contributed by atoms with E-state index in [0.29, 0.717) is 18.1 Å². The lowest BCUT2D eigenvalue weighted by Crippen LogP contribution is -2.26. The van der Waals surface area contributed by atoms with Crippen molar-refractivity contribution in [3.05, 3.63) is 78.2 Å². The summed E-state index contributed by atoms with van der Waals surface area (Å²) in [6, 6.07) is 19.9. The van der Waals surface area contributed by atoms with E-state index in [2.05, 4.69) is 51.5 Å². The van der Waals surface area contributed by atoms with Crippen LogP contribution in [0.25, 0.3) is 0 Å². The molecule has 0 saturated heterocycles. The van der Waals surface area contributed by atoms with Crippen molar-refractivity contribution in [2.75, 3.05) is 29.9 Å². The van der Waals surface area contributed by atoms with E-state index in [1.165, 1.54) is 17.6 Å². The number of hydrogen-bond acceptors (Lipinski definition) is 5. The number of carbonyl (C=O) groups excluding carboxylic acids is 1. The third kappa shape index (κ3) is 5.78. The van der Waals surface area contributed by atoms with Gasteiger partial charge in [-0.1, -0.05) is 30.3 Å². The van der Waals surface area contributed by atoms with Crippen LogP contribution in [0.2, 0.25) is 0 Å². The molecule has 6 heteroatoms. The topological polar surface area (TPSA) is 70.2 Å². The van der Waals surface area contributed by atoms with Gasteiger partial charge in [-0.05, 0) is 50.1 Å². The van der Waals surface area contributed by atoms with Gasteiger partial charge in [-0.25, -0.2) is 9.97 Å². The molecule has 1 amide bonds. The van der Waals surface area contributed by atoms with E-state index >= 15 is 0 Å². The fourth-order valence-corrected chi connectivity index (χ4v) is 3.10. The van der Waals surface area contributed by atoms with Gasteiger partial charge in [-0.3, -0.25) is 4.79 Å². The van der Waals surface area contributed by atoms with Crippen LogP contribution < -0.4 is 15.5 Å². The number of anilines is 3. The highest BCUT2D eigenvalue weighted by Gasteiger charge is 2.09. The molecule has 0 aliphatic rings. The summed E-state index contributed by atoms with van der Waals surface area (Å²) < 4.78 is 0. The standard InChI is InChI=1S/C23H27N5O/c1-3-28(4-2)20-12-10-19(11-13-20)27-22-16-21(25-17-26-22)23(29)24-15-14-18-8-6-5-7-9-18/h5-13,16-17H,3-4,14-15H2,1-2H3,(H,24,29)(H,25,26,27). The summed E-state index contributed by atoms with van der Waals surface area (Å²) in [5.74, 6) is 0.382. The number of amides is 1. The molecule has 1 aromatic heterocycles. The predicted octanol–water partition coefficient (Wildman–Crippen LogP) is 4.04. The van der Waals surface area contributed by atoms with Crippen molar-refractivity contribution in [1.82, 2.24) is 15.3 Å². The first-order valence-corrected chi connectivity index (χ1v) is 9.95. The molecule has 0 fully saturated rings. The molecule has 1 heterocycles. The molecule has 6 nitrogen and oxygen atoms in total. The Kier molecular flexibility index (Phi) is 7.16. The molecular weight excluding hydrogens is 362 g/mol. The zero-order chi connectivity index (χ0) is 20.5. The monoisotopic (exact) mass is 389 g/mol. The van der Waals surface area contributed by atoms with Crippen LogP contribution in [0.1, 0.15) is 29.9 Å². The molecule has 0 saturated carbocycles. The van der Waals surface area contributed by atoms with Gasteiger partial charge in [0.1, 0.15) is 17.8 Å². The van der Waals surface area contributed by atoms with E-state index in [1.807, 2.05) is 42.5 Å². The summed E-state index contributed by atoms with van der Waals surface area (Å²) in [6.45, 7) is 6.78. The Hall–Kier alpha value is -3.41. The summed E-state index contributed by atoms with van der Waals surface area (Å²) in [5.41, 5.74) is 3.62. The highest BCUT2D eigenvalue weighted by molar-refractivity contribution is 5.92. The molecule has 2 N–H and O–H groups in total. The molecule has 0 spiro atoms. The second kappa shape index (κ2) is 10.2. The highest BCUT2D eigenvalue weighted by Crippen LogP contribution is 2.20. The van der Waals surface area contributed by atoms with Crippen LogP contribution in [0.5, 0.6) is 0 Å². The van der Waals surface area contributed by atoms with Crippen LogP contribution in [0.3, 0.4) is 0 Å². The second-order valence-corrected chi connectivity index (χ2v) is 6.62. The summed E-state index contributed by atoms with van der Waals surface area (Å²) in [5, 5.41) is 6.14. The minimum atomic E-state index is -0.205. The maximum Gasteiger partial charge on any atom is 0.270 e. The van der Waals surface area contributed by atoms with E-state index in [0.717, 1.165) is 25.2 Å². The van der Waals surface area contributed by atoms with Crippen molar-refractivity contribution in [3.8, 4) is 0 Å². The van der Waals surface area contributed by atoms with Gasteiger partial charge in [-0.15, -0.1) is 0 Å². The maximum absolute atomic E-state index is 12.4. The fourth-order valence-electron chi connectivity index (χ4n) is 3.10. The SMILES string of the molecule is CCN(CC)c1ccc(Nc2cc(C(=O)NCCc3ccccc3)ncn2)cc1. The summed E-state index contributed by atoms with van der Waals surface area (Å²) >= 11 is 0. The van der Waals surface area contributed by atoms with Gasteiger partial charge in [0.2, 0.25) is 0 Å². The molecule has 0 bridgehead atoms. The smallest absolute Gasteiger partial charge is 0.270 e. The van der Waals surface area contributed by atoms with Crippen LogP contribution in [-0.2, 0) is 6.42 Å². The number of hydrogen-bond donors (Lipinski definition) is 2. The van der Waals surface area contributed by atoms with Crippen LogP contribution in [-0.4, -0.2) is 35.5 Å². The van der Waals surface area contributed by atoms with Crippen LogP contribution >= 0.6 is 0 Å². The van der Waals surface area contributed by atoms with E-state index < -0.39 is 0 Å².